The van der Waals surface area contributed by atoms with Gasteiger partial charge in [-0.2, -0.15) is 0 Å². The molecule has 0 spiro atoms. The van der Waals surface area contributed by atoms with Gasteiger partial charge in [0, 0.05) is 30.1 Å². The molecule has 2 aliphatic rings. The van der Waals surface area contributed by atoms with Crippen molar-refractivity contribution in [1.29, 1.82) is 0 Å². The van der Waals surface area contributed by atoms with Crippen LogP contribution in [-0.4, -0.2) is 47.5 Å². The number of ether oxygens (including phenoxy) is 1. The number of anilines is 2. The van der Waals surface area contributed by atoms with Crippen molar-refractivity contribution in [2.24, 2.45) is 0 Å². The molecule has 1 amide bonds. The van der Waals surface area contributed by atoms with Gasteiger partial charge in [-0.3, -0.25) is 4.79 Å². The topological polar surface area (TPSA) is 82.0 Å². The molecule has 0 aliphatic carbocycles. The number of amides is 1. The molecule has 160 valence electrons. The Hall–Kier alpha value is -2.06. The van der Waals surface area contributed by atoms with Crippen LogP contribution in [0.4, 0.5) is 15.8 Å². The maximum absolute atomic E-state index is 14.2. The lowest BCUT2D eigenvalue weighted by atomic mass is 9.89. The van der Waals surface area contributed by atoms with E-state index < -0.39 is 17.5 Å². The van der Waals surface area contributed by atoms with E-state index in [1.807, 2.05) is 0 Å². The molecule has 0 bridgehead atoms. The zero-order valence-corrected chi connectivity index (χ0v) is 17.5. The molecule has 0 unspecified atom stereocenters. The Kier molecular flexibility index (Phi) is 5.81. The van der Waals surface area contributed by atoms with Gasteiger partial charge in [-0.1, -0.05) is 23.2 Å². The number of aliphatic hydroxyl groups excluding tert-OH is 1. The highest BCUT2D eigenvalue weighted by molar-refractivity contribution is 6.34. The van der Waals surface area contributed by atoms with Gasteiger partial charge in [0.25, 0.3) is 0 Å². The van der Waals surface area contributed by atoms with Crippen molar-refractivity contribution in [3.8, 4) is 5.75 Å². The molecule has 0 saturated carbocycles. The number of nitrogens with zero attached hydrogens (tertiary/aromatic N) is 1. The third kappa shape index (κ3) is 4.07. The number of carbonyl (C=O) groups is 1. The number of nitrogens with one attached hydrogen (secondary N) is 1. The predicted molar refractivity (Wildman–Crippen MR) is 113 cm³/mol. The van der Waals surface area contributed by atoms with Crippen molar-refractivity contribution < 1.29 is 24.1 Å². The summed E-state index contributed by atoms with van der Waals surface area (Å²) < 4.78 is 20.1. The van der Waals surface area contributed by atoms with Crippen molar-refractivity contribution in [3.05, 3.63) is 51.8 Å². The second-order valence-corrected chi connectivity index (χ2v) is 8.49. The number of hydrogen-bond acceptors (Lipinski definition) is 5. The van der Waals surface area contributed by atoms with E-state index in [0.717, 1.165) is 5.56 Å². The van der Waals surface area contributed by atoms with Gasteiger partial charge < -0.3 is 25.2 Å². The summed E-state index contributed by atoms with van der Waals surface area (Å²) in [7, 11) is 0. The summed E-state index contributed by atoms with van der Waals surface area (Å²) in [6, 6.07) is 7.66. The molecule has 2 aliphatic heterocycles. The van der Waals surface area contributed by atoms with E-state index in [2.05, 4.69) is 5.32 Å². The summed E-state index contributed by atoms with van der Waals surface area (Å²) >= 11 is 12.0. The lowest BCUT2D eigenvalue weighted by molar-refractivity contribution is -0.116. The molecule has 30 heavy (non-hydrogen) atoms. The quantitative estimate of drug-likeness (QED) is 0.659. The number of piperidine rings is 1. The summed E-state index contributed by atoms with van der Waals surface area (Å²) in [6.45, 7) is 0.241. The fourth-order valence-corrected chi connectivity index (χ4v) is 4.23. The summed E-state index contributed by atoms with van der Waals surface area (Å²) in [5, 5.41) is 25.0. The minimum atomic E-state index is -1.50. The molecule has 2 aromatic carbocycles. The maximum atomic E-state index is 14.2. The van der Waals surface area contributed by atoms with Crippen LogP contribution in [0.25, 0.3) is 0 Å². The van der Waals surface area contributed by atoms with Crippen LogP contribution in [0.3, 0.4) is 0 Å². The van der Waals surface area contributed by atoms with Crippen LogP contribution in [0, 0.1) is 5.82 Å². The van der Waals surface area contributed by atoms with E-state index in [4.69, 9.17) is 27.9 Å². The highest BCUT2D eigenvalue weighted by atomic mass is 35.5. The number of β-amino-alcohol motifs (C(OH)–C–C–N with tert-alkyl or cyclic N) is 1. The minimum absolute atomic E-state index is 0.0488. The Bertz CT molecular complexity index is 990. The SMILES string of the molecule is O=C1CCc2c(OC[C@]3(O)CCN(c4ccc(Cl)cc4F)C[C@H]3O)ccc(Cl)c2N1. The highest BCUT2D eigenvalue weighted by Gasteiger charge is 2.42. The van der Waals surface area contributed by atoms with E-state index in [1.165, 1.54) is 6.07 Å². The van der Waals surface area contributed by atoms with Crippen molar-refractivity contribution in [3.63, 3.8) is 0 Å². The molecule has 4 rings (SSSR count). The zero-order valence-electron chi connectivity index (χ0n) is 16.0. The molecule has 6 nitrogen and oxygen atoms in total. The van der Waals surface area contributed by atoms with Gasteiger partial charge in [0.1, 0.15) is 29.9 Å². The number of hydrogen-bond donors (Lipinski definition) is 3. The first kappa shape index (κ1) is 21.2. The normalized spacial score (nSPS) is 23.7. The van der Waals surface area contributed by atoms with Gasteiger partial charge in [0.2, 0.25) is 5.91 Å². The number of carbonyl (C=O) groups excluding carboxylic acids is 1. The first-order valence-electron chi connectivity index (χ1n) is 9.61. The summed E-state index contributed by atoms with van der Waals surface area (Å²) in [6.07, 6.45) is -0.174. The first-order chi connectivity index (χ1) is 14.3. The molecule has 3 N–H and O–H groups in total. The molecule has 0 radical (unpaired) electrons. The Morgan fingerprint density at radius 2 is 2.07 bits per heavy atom. The molecule has 2 atom stereocenters. The van der Waals surface area contributed by atoms with Crippen molar-refractivity contribution in [2.45, 2.75) is 31.0 Å². The van der Waals surface area contributed by atoms with Gasteiger partial charge in [-0.25, -0.2) is 4.39 Å². The molecule has 9 heteroatoms. The summed E-state index contributed by atoms with van der Waals surface area (Å²) in [5.41, 5.74) is 0.111. The van der Waals surface area contributed by atoms with E-state index in [0.29, 0.717) is 46.6 Å². The number of benzene rings is 2. The molecular weight excluding hydrogens is 434 g/mol. The minimum Gasteiger partial charge on any atom is -0.490 e. The monoisotopic (exact) mass is 454 g/mol. The first-order valence-corrected chi connectivity index (χ1v) is 10.4. The number of rotatable bonds is 4. The van der Waals surface area contributed by atoms with Gasteiger partial charge >= 0.3 is 0 Å². The van der Waals surface area contributed by atoms with Crippen LogP contribution in [0.2, 0.25) is 10.0 Å². The van der Waals surface area contributed by atoms with Gasteiger partial charge in [-0.15, -0.1) is 0 Å². The average molecular weight is 455 g/mol. The van der Waals surface area contributed by atoms with E-state index >= 15 is 0 Å². The average Bonchev–Trinajstić information content (AvgIpc) is 2.70. The fourth-order valence-electron chi connectivity index (χ4n) is 3.85. The van der Waals surface area contributed by atoms with Gasteiger partial charge in [0.05, 0.1) is 16.4 Å². The smallest absolute Gasteiger partial charge is 0.224 e. The van der Waals surface area contributed by atoms with Crippen LogP contribution in [-0.2, 0) is 11.2 Å². The Labute approximate surface area is 183 Å². The molecule has 0 aromatic heterocycles. The molecule has 1 saturated heterocycles. The predicted octanol–water partition coefficient (Wildman–Crippen LogP) is 3.40. The Morgan fingerprint density at radius 3 is 2.80 bits per heavy atom. The van der Waals surface area contributed by atoms with Crippen LogP contribution >= 0.6 is 23.2 Å². The van der Waals surface area contributed by atoms with Crippen molar-refractivity contribution in [2.75, 3.05) is 29.9 Å². The van der Waals surface area contributed by atoms with Gasteiger partial charge in [0.15, 0.2) is 0 Å². The largest absolute Gasteiger partial charge is 0.490 e. The maximum Gasteiger partial charge on any atom is 0.224 e. The van der Waals surface area contributed by atoms with Crippen molar-refractivity contribution >= 4 is 40.5 Å². The number of fused-ring (bicyclic) bond motifs is 1. The van der Waals surface area contributed by atoms with Crippen LogP contribution < -0.4 is 15.0 Å². The lowest BCUT2D eigenvalue weighted by Crippen LogP contribution is -2.58. The van der Waals surface area contributed by atoms with Crippen molar-refractivity contribution in [1.82, 2.24) is 0 Å². The second kappa shape index (κ2) is 8.23. The highest BCUT2D eigenvalue weighted by Crippen LogP contribution is 2.38. The molecule has 1 fully saturated rings. The van der Waals surface area contributed by atoms with Crippen LogP contribution in [0.15, 0.2) is 30.3 Å². The van der Waals surface area contributed by atoms with Crippen LogP contribution in [0.1, 0.15) is 18.4 Å². The van der Waals surface area contributed by atoms with E-state index in [1.54, 1.807) is 29.2 Å². The van der Waals surface area contributed by atoms with E-state index in [9.17, 15) is 19.4 Å². The lowest BCUT2D eigenvalue weighted by Gasteiger charge is -2.42. The van der Waals surface area contributed by atoms with E-state index in [-0.39, 0.29) is 25.5 Å². The Morgan fingerprint density at radius 1 is 1.27 bits per heavy atom. The second-order valence-electron chi connectivity index (χ2n) is 7.65. The molecule has 2 heterocycles. The number of aliphatic hydroxyl groups is 2. The standard InChI is InChI=1S/C21H21Cl2FN2O4/c22-12-1-4-16(15(24)9-12)26-8-7-21(29,18(27)10-26)11-30-17-5-3-14(23)20-13(17)2-6-19(28)25-20/h1,3-5,9,18,27,29H,2,6-8,10-11H2,(H,25,28)/t18-,21-/m1/s1. The van der Waals surface area contributed by atoms with Gasteiger partial charge in [-0.05, 0) is 43.2 Å². The third-order valence-corrected chi connectivity index (χ3v) is 6.19. The zero-order chi connectivity index (χ0) is 21.5. The van der Waals surface area contributed by atoms with Crippen LogP contribution in [0.5, 0.6) is 5.75 Å². The number of halogens is 3. The third-order valence-electron chi connectivity index (χ3n) is 5.64. The Balaban J connectivity index is 1.46. The molecular formula is C21H21Cl2FN2O4. The summed E-state index contributed by atoms with van der Waals surface area (Å²) in [4.78, 5) is 13.3. The molecule has 2 aromatic rings. The summed E-state index contributed by atoms with van der Waals surface area (Å²) in [5.74, 6) is -0.0927. The fraction of sp³-hybridized carbons (Fsp3) is 0.381.